The second-order valence-corrected chi connectivity index (χ2v) is 6.39. The summed E-state index contributed by atoms with van der Waals surface area (Å²) in [6, 6.07) is 5.52. The number of hydrogen-bond acceptors (Lipinski definition) is 6. The van der Waals surface area contributed by atoms with Gasteiger partial charge < -0.3 is 9.47 Å². The van der Waals surface area contributed by atoms with Gasteiger partial charge in [0.05, 0.1) is 13.7 Å². The minimum absolute atomic E-state index is 0.235. The highest BCUT2D eigenvalue weighted by molar-refractivity contribution is 7.15. The van der Waals surface area contributed by atoms with Crippen LogP contribution in [0.5, 0.6) is 11.5 Å². The third kappa shape index (κ3) is 4.11. The highest BCUT2D eigenvalue weighted by Gasteiger charge is 2.27. The molecule has 0 atom stereocenters. The van der Waals surface area contributed by atoms with Gasteiger partial charge >= 0.3 is 0 Å². The lowest BCUT2D eigenvalue weighted by Crippen LogP contribution is -2.07. The lowest BCUT2D eigenvalue weighted by Gasteiger charge is -2.09. The topological polar surface area (TPSA) is 73.3 Å². The molecule has 7 heteroatoms. The van der Waals surface area contributed by atoms with E-state index in [1.165, 1.54) is 30.3 Å². The molecule has 6 nitrogen and oxygen atoms in total. The average Bonchev–Trinajstić information content (AvgIpc) is 3.34. The number of ether oxygens (including phenoxy) is 2. The molecule has 0 bridgehead atoms. The van der Waals surface area contributed by atoms with Gasteiger partial charge in [-0.15, -0.1) is 10.2 Å². The van der Waals surface area contributed by atoms with Crippen molar-refractivity contribution in [2.24, 2.45) is 0 Å². The van der Waals surface area contributed by atoms with Gasteiger partial charge in [0.15, 0.2) is 11.5 Å². The van der Waals surface area contributed by atoms with E-state index in [2.05, 4.69) is 15.5 Å². The summed E-state index contributed by atoms with van der Waals surface area (Å²) in [5, 5.41) is 12.4. The summed E-state index contributed by atoms with van der Waals surface area (Å²) in [5.74, 6) is 1.63. The summed E-state index contributed by atoms with van der Waals surface area (Å²) in [6.07, 6.45) is 5.52. The van der Waals surface area contributed by atoms with E-state index in [1.807, 2.05) is 25.1 Å². The summed E-state index contributed by atoms with van der Waals surface area (Å²) in [4.78, 5) is 12.0. The Hall–Kier alpha value is -2.41. The first kappa shape index (κ1) is 16.4. The maximum absolute atomic E-state index is 12.0. The first-order chi connectivity index (χ1) is 11.7. The Labute approximate surface area is 144 Å². The maximum atomic E-state index is 12.0. The Kier molecular flexibility index (Phi) is 5.10. The molecule has 0 aliphatic heterocycles. The summed E-state index contributed by atoms with van der Waals surface area (Å²) >= 11 is 1.44. The number of rotatable bonds is 7. The third-order valence-electron chi connectivity index (χ3n) is 3.51. The minimum Gasteiger partial charge on any atom is -0.493 e. The number of nitrogens with zero attached hydrogens (tertiary/aromatic N) is 2. The van der Waals surface area contributed by atoms with Gasteiger partial charge in [0.1, 0.15) is 5.01 Å². The molecule has 1 heterocycles. The maximum Gasteiger partial charge on any atom is 0.250 e. The molecule has 1 N–H and O–H groups in total. The quantitative estimate of drug-likeness (QED) is 0.778. The number of aromatic nitrogens is 2. The van der Waals surface area contributed by atoms with Crippen molar-refractivity contribution < 1.29 is 14.3 Å². The van der Waals surface area contributed by atoms with Crippen LogP contribution >= 0.6 is 11.3 Å². The van der Waals surface area contributed by atoms with Gasteiger partial charge in [0.25, 0.3) is 0 Å². The van der Waals surface area contributed by atoms with Crippen LogP contribution in [0.15, 0.2) is 24.3 Å². The predicted octanol–water partition coefficient (Wildman–Crippen LogP) is 3.47. The van der Waals surface area contributed by atoms with Gasteiger partial charge in [-0.25, -0.2) is 0 Å². The van der Waals surface area contributed by atoms with Gasteiger partial charge in [0.2, 0.25) is 11.0 Å². The highest BCUT2D eigenvalue weighted by atomic mass is 32.1. The number of methoxy groups -OCH3 is 1. The molecule has 1 amide bonds. The molecule has 24 heavy (non-hydrogen) atoms. The highest BCUT2D eigenvalue weighted by Crippen LogP contribution is 2.42. The molecular weight excluding hydrogens is 326 g/mol. The number of benzene rings is 1. The molecule has 0 spiro atoms. The summed E-state index contributed by atoms with van der Waals surface area (Å²) < 4.78 is 10.8. The fraction of sp³-hybridized carbons (Fsp3) is 0.353. The van der Waals surface area contributed by atoms with Crippen molar-refractivity contribution in [1.82, 2.24) is 10.2 Å². The lowest BCUT2D eigenvalue weighted by atomic mass is 10.2. The molecule has 0 radical (unpaired) electrons. The van der Waals surface area contributed by atoms with Crippen LogP contribution in [0.3, 0.4) is 0 Å². The van der Waals surface area contributed by atoms with E-state index < -0.39 is 0 Å². The number of hydrogen-bond donors (Lipinski definition) is 1. The van der Waals surface area contributed by atoms with E-state index in [0.717, 1.165) is 10.6 Å². The monoisotopic (exact) mass is 345 g/mol. The Bertz CT molecular complexity index is 753. The second-order valence-electron chi connectivity index (χ2n) is 5.39. The molecule has 1 saturated carbocycles. The molecule has 0 unspecified atom stereocenters. The van der Waals surface area contributed by atoms with E-state index >= 15 is 0 Å². The van der Waals surface area contributed by atoms with Crippen LogP contribution in [0.1, 0.15) is 36.3 Å². The lowest BCUT2D eigenvalue weighted by molar-refractivity contribution is -0.111. The standard InChI is InChI=1S/C17H19N3O3S/c1-3-23-13-8-4-11(10-14(13)22-2)5-9-15(21)18-17-20-19-16(24-17)12-6-7-12/h4-5,8-10,12H,3,6-7H2,1-2H3,(H,18,20,21)/b9-5+. The van der Waals surface area contributed by atoms with Crippen LogP contribution in [0, 0.1) is 0 Å². The van der Waals surface area contributed by atoms with Crippen molar-refractivity contribution in [2.75, 3.05) is 19.0 Å². The largest absolute Gasteiger partial charge is 0.493 e. The van der Waals surface area contributed by atoms with Gasteiger partial charge in [-0.2, -0.15) is 0 Å². The first-order valence-corrected chi connectivity index (χ1v) is 8.64. The fourth-order valence-electron chi connectivity index (χ4n) is 2.16. The van der Waals surface area contributed by atoms with Crippen molar-refractivity contribution in [3.8, 4) is 11.5 Å². The molecule has 1 aromatic heterocycles. The third-order valence-corrected chi connectivity index (χ3v) is 4.51. The molecule has 2 aromatic rings. The number of carbonyl (C=O) groups excluding carboxylic acids is 1. The van der Waals surface area contributed by atoms with Crippen molar-refractivity contribution in [2.45, 2.75) is 25.7 Å². The smallest absolute Gasteiger partial charge is 0.250 e. The zero-order valence-corrected chi connectivity index (χ0v) is 14.4. The molecule has 3 rings (SSSR count). The summed E-state index contributed by atoms with van der Waals surface area (Å²) in [7, 11) is 1.59. The van der Waals surface area contributed by atoms with E-state index in [-0.39, 0.29) is 5.91 Å². The number of nitrogens with one attached hydrogen (secondary N) is 1. The number of carbonyl (C=O) groups is 1. The van der Waals surface area contributed by atoms with Gasteiger partial charge in [0, 0.05) is 12.0 Å². The Morgan fingerprint density at radius 3 is 2.92 bits per heavy atom. The van der Waals surface area contributed by atoms with E-state index in [0.29, 0.717) is 29.2 Å². The fourth-order valence-corrected chi connectivity index (χ4v) is 3.08. The van der Waals surface area contributed by atoms with Gasteiger partial charge in [-0.3, -0.25) is 10.1 Å². The molecule has 1 fully saturated rings. The van der Waals surface area contributed by atoms with Gasteiger partial charge in [-0.05, 0) is 43.5 Å². The number of anilines is 1. The van der Waals surface area contributed by atoms with Crippen LogP contribution in [-0.4, -0.2) is 29.8 Å². The Morgan fingerprint density at radius 2 is 2.21 bits per heavy atom. The molecule has 1 aliphatic rings. The van der Waals surface area contributed by atoms with E-state index in [1.54, 1.807) is 13.2 Å². The number of amides is 1. The van der Waals surface area contributed by atoms with E-state index in [9.17, 15) is 4.79 Å². The summed E-state index contributed by atoms with van der Waals surface area (Å²) in [6.45, 7) is 2.48. The summed E-state index contributed by atoms with van der Waals surface area (Å²) in [5.41, 5.74) is 0.849. The van der Waals surface area contributed by atoms with E-state index in [4.69, 9.17) is 9.47 Å². The molecule has 0 saturated heterocycles. The van der Waals surface area contributed by atoms with Crippen LogP contribution in [-0.2, 0) is 4.79 Å². The molecular formula is C17H19N3O3S. The minimum atomic E-state index is -0.235. The second kappa shape index (κ2) is 7.44. The van der Waals surface area contributed by atoms with Crippen molar-refractivity contribution >= 4 is 28.5 Å². The van der Waals surface area contributed by atoms with Gasteiger partial charge in [-0.1, -0.05) is 17.4 Å². The first-order valence-electron chi connectivity index (χ1n) is 7.83. The van der Waals surface area contributed by atoms with Crippen LogP contribution in [0.4, 0.5) is 5.13 Å². The van der Waals surface area contributed by atoms with Crippen molar-refractivity contribution in [3.63, 3.8) is 0 Å². The Morgan fingerprint density at radius 1 is 1.38 bits per heavy atom. The molecule has 126 valence electrons. The predicted molar refractivity (Wildman–Crippen MR) is 93.7 cm³/mol. The van der Waals surface area contributed by atoms with Crippen molar-refractivity contribution in [1.29, 1.82) is 0 Å². The average molecular weight is 345 g/mol. The van der Waals surface area contributed by atoms with Crippen LogP contribution < -0.4 is 14.8 Å². The zero-order valence-electron chi connectivity index (χ0n) is 13.6. The zero-order chi connectivity index (χ0) is 16.9. The van der Waals surface area contributed by atoms with Crippen LogP contribution in [0.25, 0.3) is 6.08 Å². The SMILES string of the molecule is CCOc1ccc(/C=C/C(=O)Nc2nnc(C3CC3)s2)cc1OC. The van der Waals surface area contributed by atoms with Crippen molar-refractivity contribution in [3.05, 3.63) is 34.8 Å². The Balaban J connectivity index is 1.62. The molecule has 1 aromatic carbocycles. The molecule has 1 aliphatic carbocycles. The van der Waals surface area contributed by atoms with Crippen LogP contribution in [0.2, 0.25) is 0 Å². The normalized spacial score (nSPS) is 13.9.